The first-order valence-corrected chi connectivity index (χ1v) is 7.07. The molecule has 0 aliphatic heterocycles. The van der Waals surface area contributed by atoms with Crippen LogP contribution in [0.4, 0.5) is 0 Å². The average molecular weight is 239 g/mol. The molecule has 0 radical (unpaired) electrons. The minimum absolute atomic E-state index is 0.332. The molecule has 1 saturated carbocycles. The largest absolute Gasteiger partial charge is 0.327 e. The predicted molar refractivity (Wildman–Crippen MR) is 77.6 cm³/mol. The standard InChI is InChI=1S/C17H21N/c18-17(14-7-1-2-8-14)12-15-10-5-9-13-6-3-4-11-16(13)15/h3-6,9-11,14,17H,1-2,7-8,12,18H2. The maximum atomic E-state index is 6.40. The van der Waals surface area contributed by atoms with E-state index in [2.05, 4.69) is 42.5 Å². The van der Waals surface area contributed by atoms with Gasteiger partial charge in [-0.1, -0.05) is 55.3 Å². The summed E-state index contributed by atoms with van der Waals surface area (Å²) in [7, 11) is 0. The Morgan fingerprint density at radius 2 is 1.72 bits per heavy atom. The molecule has 0 aromatic heterocycles. The van der Waals surface area contributed by atoms with Crippen LogP contribution >= 0.6 is 0 Å². The van der Waals surface area contributed by atoms with E-state index in [0.717, 1.165) is 12.3 Å². The Bertz CT molecular complexity index is 521. The lowest BCUT2D eigenvalue weighted by Crippen LogP contribution is -2.30. The van der Waals surface area contributed by atoms with E-state index in [-0.39, 0.29) is 0 Å². The van der Waals surface area contributed by atoms with Gasteiger partial charge in [-0.05, 0) is 41.5 Å². The molecule has 2 N–H and O–H groups in total. The molecule has 1 atom stereocenters. The molecule has 3 rings (SSSR count). The van der Waals surface area contributed by atoms with Crippen LogP contribution in [0.5, 0.6) is 0 Å². The van der Waals surface area contributed by atoms with E-state index in [1.54, 1.807) is 0 Å². The van der Waals surface area contributed by atoms with Crippen LogP contribution in [0.1, 0.15) is 31.2 Å². The van der Waals surface area contributed by atoms with Crippen LogP contribution in [0.15, 0.2) is 42.5 Å². The van der Waals surface area contributed by atoms with Crippen LogP contribution in [0.2, 0.25) is 0 Å². The smallest absolute Gasteiger partial charge is 0.0108 e. The lowest BCUT2D eigenvalue weighted by Gasteiger charge is -2.19. The summed E-state index contributed by atoms with van der Waals surface area (Å²) in [5.74, 6) is 0.740. The summed E-state index contributed by atoms with van der Waals surface area (Å²) in [6, 6.07) is 15.5. The van der Waals surface area contributed by atoms with E-state index in [9.17, 15) is 0 Å². The maximum Gasteiger partial charge on any atom is 0.0108 e. The van der Waals surface area contributed by atoms with Gasteiger partial charge in [0.1, 0.15) is 0 Å². The maximum absolute atomic E-state index is 6.40. The van der Waals surface area contributed by atoms with E-state index in [1.807, 2.05) is 0 Å². The monoisotopic (exact) mass is 239 g/mol. The first-order chi connectivity index (χ1) is 8.84. The second kappa shape index (κ2) is 5.11. The van der Waals surface area contributed by atoms with Crippen LogP contribution in [0, 0.1) is 5.92 Å². The second-order valence-electron chi connectivity index (χ2n) is 5.55. The Balaban J connectivity index is 1.85. The number of hydrogen-bond acceptors (Lipinski definition) is 1. The van der Waals surface area contributed by atoms with Gasteiger partial charge in [0.25, 0.3) is 0 Å². The third kappa shape index (κ3) is 2.28. The fraction of sp³-hybridized carbons (Fsp3) is 0.412. The Kier molecular flexibility index (Phi) is 3.33. The van der Waals surface area contributed by atoms with Gasteiger partial charge in [-0.15, -0.1) is 0 Å². The molecular weight excluding hydrogens is 218 g/mol. The molecule has 0 bridgehead atoms. The summed E-state index contributed by atoms with van der Waals surface area (Å²) in [6.07, 6.45) is 6.41. The molecule has 0 amide bonds. The van der Waals surface area contributed by atoms with Crippen molar-refractivity contribution in [1.82, 2.24) is 0 Å². The second-order valence-corrected chi connectivity index (χ2v) is 5.55. The number of fused-ring (bicyclic) bond motifs is 1. The van der Waals surface area contributed by atoms with Crippen LogP contribution in [-0.2, 0) is 6.42 Å². The van der Waals surface area contributed by atoms with Gasteiger partial charge in [0.15, 0.2) is 0 Å². The van der Waals surface area contributed by atoms with Crippen molar-refractivity contribution in [3.8, 4) is 0 Å². The fourth-order valence-corrected chi connectivity index (χ4v) is 3.28. The van der Waals surface area contributed by atoms with Crippen molar-refractivity contribution >= 4 is 10.8 Å². The van der Waals surface area contributed by atoms with Crippen molar-refractivity contribution in [2.75, 3.05) is 0 Å². The summed E-state index contributed by atoms with van der Waals surface area (Å²) in [6.45, 7) is 0. The van der Waals surface area contributed by atoms with Crippen LogP contribution < -0.4 is 5.73 Å². The zero-order valence-electron chi connectivity index (χ0n) is 10.8. The van der Waals surface area contributed by atoms with Crippen molar-refractivity contribution < 1.29 is 0 Å². The summed E-state index contributed by atoms with van der Waals surface area (Å²) < 4.78 is 0. The van der Waals surface area contributed by atoms with Gasteiger partial charge >= 0.3 is 0 Å². The molecule has 1 nitrogen and oxygen atoms in total. The Morgan fingerprint density at radius 1 is 1.00 bits per heavy atom. The van der Waals surface area contributed by atoms with Gasteiger partial charge in [-0.25, -0.2) is 0 Å². The van der Waals surface area contributed by atoms with Crippen molar-refractivity contribution in [1.29, 1.82) is 0 Å². The van der Waals surface area contributed by atoms with Crippen molar-refractivity contribution in [3.63, 3.8) is 0 Å². The molecule has 1 heteroatoms. The normalized spacial score (nSPS) is 18.3. The van der Waals surface area contributed by atoms with Gasteiger partial charge in [0.05, 0.1) is 0 Å². The Hall–Kier alpha value is -1.34. The topological polar surface area (TPSA) is 26.0 Å². The minimum Gasteiger partial charge on any atom is -0.327 e. The quantitative estimate of drug-likeness (QED) is 0.863. The van der Waals surface area contributed by atoms with Crippen LogP contribution in [-0.4, -0.2) is 6.04 Å². The first kappa shape index (κ1) is 11.7. The zero-order valence-corrected chi connectivity index (χ0v) is 10.8. The predicted octanol–water partition coefficient (Wildman–Crippen LogP) is 3.90. The summed E-state index contributed by atoms with van der Waals surface area (Å²) >= 11 is 0. The third-order valence-electron chi connectivity index (χ3n) is 4.34. The van der Waals surface area contributed by atoms with E-state index in [4.69, 9.17) is 5.73 Å². The van der Waals surface area contributed by atoms with Crippen LogP contribution in [0.3, 0.4) is 0 Å². The molecule has 1 fully saturated rings. The lowest BCUT2D eigenvalue weighted by molar-refractivity contribution is 0.430. The molecule has 0 spiro atoms. The molecule has 0 saturated heterocycles. The van der Waals surface area contributed by atoms with Crippen molar-refractivity contribution in [3.05, 3.63) is 48.0 Å². The Morgan fingerprint density at radius 3 is 2.56 bits per heavy atom. The average Bonchev–Trinajstić information content (AvgIpc) is 2.93. The van der Waals surface area contributed by atoms with Gasteiger partial charge in [0, 0.05) is 6.04 Å². The number of benzene rings is 2. The molecular formula is C17H21N. The van der Waals surface area contributed by atoms with E-state index < -0.39 is 0 Å². The minimum atomic E-state index is 0.332. The molecule has 1 unspecified atom stereocenters. The highest BCUT2D eigenvalue weighted by Crippen LogP contribution is 2.29. The Labute approximate surface area is 109 Å². The number of nitrogens with two attached hydrogens (primary N) is 1. The SMILES string of the molecule is NC(Cc1cccc2ccccc12)C1CCCC1. The van der Waals surface area contributed by atoms with Crippen molar-refractivity contribution in [2.45, 2.75) is 38.1 Å². The van der Waals surface area contributed by atoms with Gasteiger partial charge in [-0.3, -0.25) is 0 Å². The summed E-state index contributed by atoms with van der Waals surface area (Å²) in [4.78, 5) is 0. The highest BCUT2D eigenvalue weighted by Gasteiger charge is 2.22. The summed E-state index contributed by atoms with van der Waals surface area (Å²) in [5, 5.41) is 2.70. The van der Waals surface area contributed by atoms with E-state index in [0.29, 0.717) is 6.04 Å². The van der Waals surface area contributed by atoms with Crippen LogP contribution in [0.25, 0.3) is 10.8 Å². The molecule has 0 heterocycles. The molecule has 94 valence electrons. The van der Waals surface area contributed by atoms with E-state index >= 15 is 0 Å². The van der Waals surface area contributed by atoms with Gasteiger partial charge in [-0.2, -0.15) is 0 Å². The highest BCUT2D eigenvalue weighted by atomic mass is 14.7. The zero-order chi connectivity index (χ0) is 12.4. The fourth-order valence-electron chi connectivity index (χ4n) is 3.28. The van der Waals surface area contributed by atoms with Crippen molar-refractivity contribution in [2.24, 2.45) is 11.7 Å². The van der Waals surface area contributed by atoms with Gasteiger partial charge in [0.2, 0.25) is 0 Å². The van der Waals surface area contributed by atoms with Gasteiger partial charge < -0.3 is 5.73 Å². The third-order valence-corrected chi connectivity index (χ3v) is 4.34. The molecule has 2 aromatic carbocycles. The first-order valence-electron chi connectivity index (χ1n) is 7.07. The molecule has 2 aromatic rings. The summed E-state index contributed by atoms with van der Waals surface area (Å²) in [5.41, 5.74) is 7.81. The molecule has 1 aliphatic carbocycles. The van der Waals surface area contributed by atoms with E-state index in [1.165, 1.54) is 42.0 Å². The molecule has 1 aliphatic rings. The number of hydrogen-bond donors (Lipinski definition) is 1. The highest BCUT2D eigenvalue weighted by molar-refractivity contribution is 5.85. The molecule has 18 heavy (non-hydrogen) atoms. The number of rotatable bonds is 3. The lowest BCUT2D eigenvalue weighted by atomic mass is 9.91.